The Morgan fingerprint density at radius 2 is 2.12 bits per heavy atom. The van der Waals surface area contributed by atoms with Crippen molar-refractivity contribution in [3.63, 3.8) is 0 Å². The maximum absolute atomic E-state index is 12.8. The maximum atomic E-state index is 12.8. The van der Waals surface area contributed by atoms with Crippen LogP contribution >= 0.6 is 0 Å². The van der Waals surface area contributed by atoms with Crippen LogP contribution in [0.3, 0.4) is 0 Å². The Morgan fingerprint density at radius 1 is 1.38 bits per heavy atom. The van der Waals surface area contributed by atoms with Crippen molar-refractivity contribution in [2.24, 2.45) is 0 Å². The molecule has 0 amide bonds. The largest absolute Gasteiger partial charge is 0.389 e. The fourth-order valence-corrected chi connectivity index (χ4v) is 1.38. The van der Waals surface area contributed by atoms with Gasteiger partial charge in [-0.05, 0) is 23.8 Å². The summed E-state index contributed by atoms with van der Waals surface area (Å²) in [6.45, 7) is -0.566. The standard InChI is InChI=1S/C12H11FN2O/c13-11(8-16)7-10-1-3-12(4-2-10)15-6-5-14-9-15/h1-7,9,16H,8H2/b11-7-. The van der Waals surface area contributed by atoms with Crippen molar-refractivity contribution in [2.45, 2.75) is 0 Å². The van der Waals surface area contributed by atoms with Crippen molar-refractivity contribution in [3.8, 4) is 5.69 Å². The molecule has 0 radical (unpaired) electrons. The highest BCUT2D eigenvalue weighted by Crippen LogP contribution is 2.12. The van der Waals surface area contributed by atoms with Gasteiger partial charge in [-0.25, -0.2) is 9.37 Å². The molecule has 1 heterocycles. The third-order valence-electron chi connectivity index (χ3n) is 2.17. The molecule has 0 fully saturated rings. The van der Waals surface area contributed by atoms with Crippen molar-refractivity contribution < 1.29 is 9.50 Å². The first-order valence-corrected chi connectivity index (χ1v) is 4.85. The Bertz CT molecular complexity index is 474. The number of benzene rings is 1. The monoisotopic (exact) mass is 218 g/mol. The van der Waals surface area contributed by atoms with E-state index in [0.29, 0.717) is 0 Å². The fourth-order valence-electron chi connectivity index (χ4n) is 1.38. The van der Waals surface area contributed by atoms with Gasteiger partial charge in [0, 0.05) is 18.1 Å². The van der Waals surface area contributed by atoms with E-state index in [1.54, 1.807) is 24.7 Å². The number of hydrogen-bond donors (Lipinski definition) is 1. The SMILES string of the molecule is OC/C(F)=C/c1ccc(-n2ccnc2)cc1. The first kappa shape index (κ1) is 10.6. The van der Waals surface area contributed by atoms with Gasteiger partial charge in [-0.15, -0.1) is 0 Å². The smallest absolute Gasteiger partial charge is 0.126 e. The van der Waals surface area contributed by atoms with E-state index >= 15 is 0 Å². The van der Waals surface area contributed by atoms with Crippen LogP contribution < -0.4 is 0 Å². The summed E-state index contributed by atoms with van der Waals surface area (Å²) in [6, 6.07) is 7.28. The van der Waals surface area contributed by atoms with E-state index in [9.17, 15) is 4.39 Å². The minimum atomic E-state index is -0.566. The van der Waals surface area contributed by atoms with E-state index in [2.05, 4.69) is 4.98 Å². The van der Waals surface area contributed by atoms with Crippen LogP contribution in [0.1, 0.15) is 5.56 Å². The van der Waals surface area contributed by atoms with Gasteiger partial charge in [0.15, 0.2) is 0 Å². The quantitative estimate of drug-likeness (QED) is 0.857. The van der Waals surface area contributed by atoms with Gasteiger partial charge in [0.05, 0.1) is 12.9 Å². The molecule has 2 aromatic rings. The van der Waals surface area contributed by atoms with E-state index < -0.39 is 12.4 Å². The van der Waals surface area contributed by atoms with Gasteiger partial charge in [0.25, 0.3) is 0 Å². The Labute approximate surface area is 92.5 Å². The lowest BCUT2D eigenvalue weighted by Gasteiger charge is -2.02. The van der Waals surface area contributed by atoms with Gasteiger partial charge in [-0.2, -0.15) is 0 Å². The lowest BCUT2D eigenvalue weighted by atomic mass is 10.2. The van der Waals surface area contributed by atoms with Crippen molar-refractivity contribution in [2.75, 3.05) is 6.61 Å². The highest BCUT2D eigenvalue weighted by molar-refractivity contribution is 5.53. The molecule has 0 aliphatic rings. The van der Waals surface area contributed by atoms with Crippen molar-refractivity contribution in [3.05, 3.63) is 54.4 Å². The minimum Gasteiger partial charge on any atom is -0.389 e. The second-order valence-corrected chi connectivity index (χ2v) is 3.31. The molecule has 0 atom stereocenters. The third-order valence-corrected chi connectivity index (χ3v) is 2.17. The molecule has 1 aromatic carbocycles. The van der Waals surface area contributed by atoms with Crippen LogP contribution in [-0.2, 0) is 0 Å². The molecule has 16 heavy (non-hydrogen) atoms. The Balaban J connectivity index is 2.23. The summed E-state index contributed by atoms with van der Waals surface area (Å²) >= 11 is 0. The molecule has 82 valence electrons. The zero-order chi connectivity index (χ0) is 11.4. The molecule has 0 unspecified atom stereocenters. The fraction of sp³-hybridized carbons (Fsp3) is 0.0833. The van der Waals surface area contributed by atoms with Crippen LogP contribution in [0.4, 0.5) is 4.39 Å². The lowest BCUT2D eigenvalue weighted by molar-refractivity contribution is 0.300. The average Bonchev–Trinajstić information content (AvgIpc) is 2.83. The van der Waals surface area contributed by atoms with Crippen LogP contribution in [0.5, 0.6) is 0 Å². The maximum Gasteiger partial charge on any atom is 0.126 e. The predicted molar refractivity (Wildman–Crippen MR) is 59.7 cm³/mol. The average molecular weight is 218 g/mol. The summed E-state index contributed by atoms with van der Waals surface area (Å²) in [7, 11) is 0. The van der Waals surface area contributed by atoms with E-state index in [0.717, 1.165) is 11.3 Å². The third kappa shape index (κ3) is 2.35. The molecule has 0 saturated heterocycles. The zero-order valence-corrected chi connectivity index (χ0v) is 8.55. The van der Waals surface area contributed by atoms with Crippen LogP contribution in [-0.4, -0.2) is 21.3 Å². The van der Waals surface area contributed by atoms with E-state index in [1.807, 2.05) is 22.9 Å². The number of rotatable bonds is 3. The molecule has 0 bridgehead atoms. The molecule has 0 aliphatic heterocycles. The van der Waals surface area contributed by atoms with Gasteiger partial charge in [0.1, 0.15) is 5.83 Å². The highest BCUT2D eigenvalue weighted by Gasteiger charge is 1.96. The first-order valence-electron chi connectivity index (χ1n) is 4.85. The summed E-state index contributed by atoms with van der Waals surface area (Å²) in [5.41, 5.74) is 1.68. The van der Waals surface area contributed by atoms with Gasteiger partial charge in [-0.1, -0.05) is 12.1 Å². The summed E-state index contributed by atoms with van der Waals surface area (Å²) in [4.78, 5) is 3.94. The molecule has 0 saturated carbocycles. The summed E-state index contributed by atoms with van der Waals surface area (Å²) in [6.07, 6.45) is 6.52. The molecular formula is C12H11FN2O. The van der Waals surface area contributed by atoms with Crippen molar-refractivity contribution >= 4 is 6.08 Å². The number of aliphatic hydroxyl groups is 1. The zero-order valence-electron chi connectivity index (χ0n) is 8.55. The Hall–Kier alpha value is -1.94. The number of halogens is 1. The van der Waals surface area contributed by atoms with Crippen LogP contribution in [0.2, 0.25) is 0 Å². The number of imidazole rings is 1. The molecule has 3 nitrogen and oxygen atoms in total. The number of nitrogens with zero attached hydrogens (tertiary/aromatic N) is 2. The molecule has 1 N–H and O–H groups in total. The number of aromatic nitrogens is 2. The topological polar surface area (TPSA) is 38.0 Å². The summed E-state index contributed by atoms with van der Waals surface area (Å²) in [5, 5.41) is 8.55. The lowest BCUT2D eigenvalue weighted by Crippen LogP contribution is -1.89. The van der Waals surface area contributed by atoms with E-state index in [4.69, 9.17) is 5.11 Å². The van der Waals surface area contributed by atoms with E-state index in [-0.39, 0.29) is 0 Å². The summed E-state index contributed by atoms with van der Waals surface area (Å²) < 4.78 is 14.6. The minimum absolute atomic E-state index is 0.546. The Kier molecular flexibility index (Phi) is 3.12. The van der Waals surface area contributed by atoms with Crippen LogP contribution in [0.25, 0.3) is 11.8 Å². The van der Waals surface area contributed by atoms with Gasteiger partial charge >= 0.3 is 0 Å². The van der Waals surface area contributed by atoms with Crippen molar-refractivity contribution in [1.29, 1.82) is 0 Å². The second kappa shape index (κ2) is 4.72. The van der Waals surface area contributed by atoms with Crippen LogP contribution in [0.15, 0.2) is 48.8 Å². The number of aliphatic hydroxyl groups excluding tert-OH is 1. The molecule has 1 aromatic heterocycles. The normalized spacial score (nSPS) is 11.8. The first-order chi connectivity index (χ1) is 7.79. The van der Waals surface area contributed by atoms with E-state index in [1.165, 1.54) is 6.08 Å². The predicted octanol–water partition coefficient (Wildman–Crippen LogP) is 2.17. The molecular weight excluding hydrogens is 207 g/mol. The molecule has 4 heteroatoms. The van der Waals surface area contributed by atoms with Gasteiger partial charge in [-0.3, -0.25) is 0 Å². The molecule has 2 rings (SSSR count). The molecule has 0 aliphatic carbocycles. The second-order valence-electron chi connectivity index (χ2n) is 3.31. The Morgan fingerprint density at radius 3 is 2.69 bits per heavy atom. The summed E-state index contributed by atoms with van der Waals surface area (Å²) in [5.74, 6) is -0.546. The number of hydrogen-bond acceptors (Lipinski definition) is 2. The highest BCUT2D eigenvalue weighted by atomic mass is 19.1. The molecule has 0 spiro atoms. The van der Waals surface area contributed by atoms with Crippen LogP contribution in [0, 0.1) is 0 Å². The van der Waals surface area contributed by atoms with Gasteiger partial charge < -0.3 is 9.67 Å². The van der Waals surface area contributed by atoms with Crippen molar-refractivity contribution in [1.82, 2.24) is 9.55 Å². The van der Waals surface area contributed by atoms with Gasteiger partial charge in [0.2, 0.25) is 0 Å².